The molecule has 6 heteroatoms. The zero-order valence-electron chi connectivity index (χ0n) is 6.27. The quantitative estimate of drug-likeness (QED) is 0.671. The van der Waals surface area contributed by atoms with Crippen LogP contribution in [-0.2, 0) is 5.88 Å². The molecule has 1 aromatic rings. The van der Waals surface area contributed by atoms with Gasteiger partial charge in [0, 0.05) is 11.8 Å². The summed E-state index contributed by atoms with van der Waals surface area (Å²) in [4.78, 5) is 3.42. The first-order valence-electron chi connectivity index (χ1n) is 3.28. The standard InChI is InChI=1S/C7H5ClF2INO/c8-1-3-2-12-5(7(9)10)6(13)4(3)11/h2,7,13H,1H2. The molecule has 1 aromatic heterocycles. The molecule has 0 spiro atoms. The summed E-state index contributed by atoms with van der Waals surface area (Å²) in [6.45, 7) is 0. The number of pyridine rings is 1. The monoisotopic (exact) mass is 319 g/mol. The summed E-state index contributed by atoms with van der Waals surface area (Å²) in [6, 6.07) is 0. The molecule has 0 bridgehead atoms. The summed E-state index contributed by atoms with van der Waals surface area (Å²) in [6.07, 6.45) is -1.52. The van der Waals surface area contributed by atoms with Crippen LogP contribution in [0.2, 0.25) is 0 Å². The highest BCUT2D eigenvalue weighted by Crippen LogP contribution is 2.32. The minimum atomic E-state index is -2.77. The van der Waals surface area contributed by atoms with Crippen LogP contribution < -0.4 is 0 Å². The number of hydrogen-bond acceptors (Lipinski definition) is 2. The fourth-order valence-electron chi connectivity index (χ4n) is 0.783. The third kappa shape index (κ3) is 2.19. The Balaban J connectivity index is 3.23. The molecule has 0 atom stereocenters. The Hall–Kier alpha value is -0.170. The van der Waals surface area contributed by atoms with E-state index in [2.05, 4.69) is 4.98 Å². The van der Waals surface area contributed by atoms with Gasteiger partial charge in [-0.25, -0.2) is 8.78 Å². The van der Waals surface area contributed by atoms with Crippen LogP contribution in [-0.4, -0.2) is 10.1 Å². The number of hydrogen-bond donors (Lipinski definition) is 1. The van der Waals surface area contributed by atoms with Crippen molar-refractivity contribution in [2.24, 2.45) is 0 Å². The number of nitrogens with zero attached hydrogens (tertiary/aromatic N) is 1. The number of alkyl halides is 3. The zero-order valence-corrected chi connectivity index (χ0v) is 9.18. The molecule has 0 fully saturated rings. The maximum absolute atomic E-state index is 12.2. The third-order valence-electron chi connectivity index (χ3n) is 1.44. The van der Waals surface area contributed by atoms with Gasteiger partial charge in [0.05, 0.1) is 9.45 Å². The normalized spacial score (nSPS) is 10.8. The third-order valence-corrected chi connectivity index (χ3v) is 2.93. The predicted molar refractivity (Wildman–Crippen MR) is 53.1 cm³/mol. The van der Waals surface area contributed by atoms with E-state index in [4.69, 9.17) is 11.6 Å². The van der Waals surface area contributed by atoms with E-state index >= 15 is 0 Å². The van der Waals surface area contributed by atoms with Gasteiger partial charge in [0.2, 0.25) is 0 Å². The maximum atomic E-state index is 12.2. The highest BCUT2D eigenvalue weighted by Gasteiger charge is 2.18. The van der Waals surface area contributed by atoms with Gasteiger partial charge in [-0.1, -0.05) is 0 Å². The minimum absolute atomic E-state index is 0.141. The summed E-state index contributed by atoms with van der Waals surface area (Å²) < 4.78 is 24.7. The van der Waals surface area contributed by atoms with E-state index in [1.807, 2.05) is 0 Å². The van der Waals surface area contributed by atoms with E-state index in [0.717, 1.165) is 0 Å². The van der Waals surface area contributed by atoms with Crippen molar-refractivity contribution in [2.45, 2.75) is 12.3 Å². The van der Waals surface area contributed by atoms with Gasteiger partial charge in [-0.3, -0.25) is 4.98 Å². The van der Waals surface area contributed by atoms with E-state index in [0.29, 0.717) is 9.13 Å². The second kappa shape index (κ2) is 4.36. The first-order chi connectivity index (χ1) is 6.07. The summed E-state index contributed by atoms with van der Waals surface area (Å²) in [5.41, 5.74) is -0.0533. The Bertz CT molecular complexity index is 322. The van der Waals surface area contributed by atoms with Gasteiger partial charge < -0.3 is 5.11 Å². The molecule has 0 aliphatic heterocycles. The Morgan fingerprint density at radius 1 is 1.62 bits per heavy atom. The lowest BCUT2D eigenvalue weighted by atomic mass is 10.2. The van der Waals surface area contributed by atoms with Crippen LogP contribution in [0.15, 0.2) is 6.20 Å². The van der Waals surface area contributed by atoms with Crippen LogP contribution in [0, 0.1) is 3.57 Å². The zero-order chi connectivity index (χ0) is 10.0. The molecule has 1 N–H and O–H groups in total. The highest BCUT2D eigenvalue weighted by atomic mass is 127. The lowest BCUT2D eigenvalue weighted by molar-refractivity contribution is 0.141. The van der Waals surface area contributed by atoms with E-state index in [-0.39, 0.29) is 5.88 Å². The van der Waals surface area contributed by atoms with E-state index in [1.54, 1.807) is 22.6 Å². The average molecular weight is 319 g/mol. The van der Waals surface area contributed by atoms with Gasteiger partial charge in [0.25, 0.3) is 6.43 Å². The van der Waals surface area contributed by atoms with Crippen molar-refractivity contribution in [3.63, 3.8) is 0 Å². The van der Waals surface area contributed by atoms with Crippen molar-refractivity contribution in [2.75, 3.05) is 0 Å². The lowest BCUT2D eigenvalue weighted by Gasteiger charge is -2.06. The average Bonchev–Trinajstić information content (AvgIpc) is 2.09. The smallest absolute Gasteiger partial charge is 0.284 e. The number of halogens is 4. The number of aromatic nitrogens is 1. The van der Waals surface area contributed by atoms with Crippen LogP contribution in [0.3, 0.4) is 0 Å². The first-order valence-corrected chi connectivity index (χ1v) is 4.89. The molecule has 0 saturated heterocycles. The van der Waals surface area contributed by atoms with Crippen molar-refractivity contribution in [3.8, 4) is 5.75 Å². The van der Waals surface area contributed by atoms with Gasteiger partial charge in [-0.15, -0.1) is 11.6 Å². The van der Waals surface area contributed by atoms with Crippen molar-refractivity contribution >= 4 is 34.2 Å². The van der Waals surface area contributed by atoms with Crippen molar-refractivity contribution < 1.29 is 13.9 Å². The van der Waals surface area contributed by atoms with E-state index in [1.165, 1.54) is 6.20 Å². The Labute approximate surface area is 92.1 Å². The van der Waals surface area contributed by atoms with Crippen LogP contribution in [0.1, 0.15) is 17.7 Å². The second-order valence-electron chi connectivity index (χ2n) is 2.27. The number of aromatic hydroxyl groups is 1. The summed E-state index contributed by atoms with van der Waals surface area (Å²) >= 11 is 7.25. The van der Waals surface area contributed by atoms with Crippen molar-refractivity contribution in [1.29, 1.82) is 0 Å². The Morgan fingerprint density at radius 2 is 2.23 bits per heavy atom. The Kier molecular flexibility index (Phi) is 3.66. The molecule has 0 radical (unpaired) electrons. The van der Waals surface area contributed by atoms with Gasteiger partial charge in [-0.2, -0.15) is 0 Å². The molecule has 0 aromatic carbocycles. The Morgan fingerprint density at radius 3 is 2.69 bits per heavy atom. The SMILES string of the molecule is Oc1c(C(F)F)ncc(CCl)c1I. The molecule has 0 amide bonds. The topological polar surface area (TPSA) is 33.1 Å². The molecular formula is C7H5ClF2INO. The molecule has 0 aliphatic rings. The first kappa shape index (κ1) is 10.9. The van der Waals surface area contributed by atoms with Crippen LogP contribution in [0.25, 0.3) is 0 Å². The molecule has 1 rings (SSSR count). The van der Waals surface area contributed by atoms with Crippen molar-refractivity contribution in [3.05, 3.63) is 21.0 Å². The van der Waals surface area contributed by atoms with E-state index < -0.39 is 17.9 Å². The fraction of sp³-hybridized carbons (Fsp3) is 0.286. The van der Waals surface area contributed by atoms with Gasteiger partial charge in [0.15, 0.2) is 5.75 Å². The second-order valence-corrected chi connectivity index (χ2v) is 3.61. The van der Waals surface area contributed by atoms with Crippen LogP contribution >= 0.6 is 34.2 Å². The largest absolute Gasteiger partial charge is 0.505 e. The van der Waals surface area contributed by atoms with Crippen LogP contribution in [0.4, 0.5) is 8.78 Å². The fourth-order valence-corrected chi connectivity index (χ4v) is 1.82. The molecule has 0 unspecified atom stereocenters. The molecule has 0 saturated carbocycles. The molecule has 1 heterocycles. The summed E-state index contributed by atoms with van der Waals surface area (Å²) in [5.74, 6) is -0.337. The molecule has 2 nitrogen and oxygen atoms in total. The van der Waals surface area contributed by atoms with Gasteiger partial charge in [-0.05, 0) is 22.6 Å². The molecule has 13 heavy (non-hydrogen) atoms. The van der Waals surface area contributed by atoms with Gasteiger partial charge in [0.1, 0.15) is 5.69 Å². The highest BCUT2D eigenvalue weighted by molar-refractivity contribution is 14.1. The molecular weight excluding hydrogens is 314 g/mol. The summed E-state index contributed by atoms with van der Waals surface area (Å²) in [5, 5.41) is 9.27. The lowest BCUT2D eigenvalue weighted by Crippen LogP contribution is -1.96. The van der Waals surface area contributed by atoms with Crippen LogP contribution in [0.5, 0.6) is 5.75 Å². The van der Waals surface area contributed by atoms with Crippen molar-refractivity contribution in [1.82, 2.24) is 4.98 Å². The predicted octanol–water partition coefficient (Wildman–Crippen LogP) is 3.07. The number of rotatable bonds is 2. The van der Waals surface area contributed by atoms with E-state index in [9.17, 15) is 13.9 Å². The van der Waals surface area contributed by atoms with Gasteiger partial charge >= 0.3 is 0 Å². The summed E-state index contributed by atoms with van der Waals surface area (Å²) in [7, 11) is 0. The molecule has 0 aliphatic carbocycles. The molecule has 72 valence electrons. The minimum Gasteiger partial charge on any atom is -0.505 e. The maximum Gasteiger partial charge on any atom is 0.284 e.